The number of rotatable bonds is 3. The summed E-state index contributed by atoms with van der Waals surface area (Å²) < 4.78 is 53.3. The second-order valence-electron chi connectivity index (χ2n) is 4.36. The van der Waals surface area contributed by atoms with E-state index >= 15 is 0 Å². The Bertz CT molecular complexity index is 459. The SMILES string of the molecule is Cl.Cl.Oc1c(F)ccc(F)c1[C@H](C(F)F)N1CCNCC1. The molecule has 0 unspecified atom stereocenters. The van der Waals surface area contributed by atoms with E-state index in [0.717, 1.165) is 6.07 Å². The number of aromatic hydroxyl groups is 1. The first kappa shape index (κ1) is 20.2. The Hall–Kier alpha value is -0.760. The number of nitrogens with one attached hydrogen (secondary N) is 1. The molecule has 0 saturated carbocycles. The van der Waals surface area contributed by atoms with E-state index in [4.69, 9.17) is 0 Å². The summed E-state index contributed by atoms with van der Waals surface area (Å²) in [7, 11) is 0. The Morgan fingerprint density at radius 1 is 1.05 bits per heavy atom. The fourth-order valence-corrected chi connectivity index (χ4v) is 2.27. The van der Waals surface area contributed by atoms with E-state index in [1.165, 1.54) is 4.90 Å². The van der Waals surface area contributed by atoms with Gasteiger partial charge in [-0.25, -0.2) is 17.6 Å². The minimum absolute atomic E-state index is 0. The number of piperazine rings is 1. The summed E-state index contributed by atoms with van der Waals surface area (Å²) in [5, 5.41) is 12.5. The van der Waals surface area contributed by atoms with Crippen LogP contribution in [0.5, 0.6) is 5.75 Å². The molecule has 0 aliphatic carbocycles. The molecule has 0 aromatic heterocycles. The first-order valence-electron chi connectivity index (χ1n) is 5.92. The van der Waals surface area contributed by atoms with Gasteiger partial charge in [0.25, 0.3) is 6.43 Å². The van der Waals surface area contributed by atoms with Crippen molar-refractivity contribution in [3.05, 3.63) is 29.3 Å². The molecule has 2 rings (SSSR count). The zero-order chi connectivity index (χ0) is 14.0. The Balaban J connectivity index is 0.00000200. The molecule has 0 radical (unpaired) electrons. The van der Waals surface area contributed by atoms with Gasteiger partial charge in [0.2, 0.25) is 0 Å². The number of benzene rings is 1. The van der Waals surface area contributed by atoms with E-state index < -0.39 is 35.4 Å². The van der Waals surface area contributed by atoms with Crippen molar-refractivity contribution < 1.29 is 22.7 Å². The summed E-state index contributed by atoms with van der Waals surface area (Å²) in [6.07, 6.45) is -2.92. The van der Waals surface area contributed by atoms with E-state index in [9.17, 15) is 22.7 Å². The zero-order valence-corrected chi connectivity index (χ0v) is 12.5. The number of hydrogen-bond donors (Lipinski definition) is 2. The Morgan fingerprint density at radius 3 is 2.10 bits per heavy atom. The molecule has 1 aromatic rings. The molecule has 122 valence electrons. The van der Waals surface area contributed by atoms with Crippen molar-refractivity contribution in [3.8, 4) is 5.75 Å². The first-order valence-corrected chi connectivity index (χ1v) is 5.92. The van der Waals surface area contributed by atoms with Gasteiger partial charge in [-0.1, -0.05) is 0 Å². The molecule has 1 aromatic carbocycles. The molecular formula is C12H16Cl2F4N2O. The van der Waals surface area contributed by atoms with Gasteiger partial charge in [-0.15, -0.1) is 24.8 Å². The van der Waals surface area contributed by atoms with Crippen molar-refractivity contribution in [3.63, 3.8) is 0 Å². The molecule has 1 atom stereocenters. The molecule has 21 heavy (non-hydrogen) atoms. The van der Waals surface area contributed by atoms with Crippen molar-refractivity contribution in [2.75, 3.05) is 26.2 Å². The van der Waals surface area contributed by atoms with Crippen LogP contribution in [-0.2, 0) is 0 Å². The van der Waals surface area contributed by atoms with E-state index in [1.807, 2.05) is 0 Å². The van der Waals surface area contributed by atoms with Gasteiger partial charge in [-0.2, -0.15) is 0 Å². The molecule has 1 fully saturated rings. The number of halogens is 6. The Kier molecular flexibility index (Phi) is 8.31. The zero-order valence-electron chi connectivity index (χ0n) is 10.9. The number of hydrogen-bond acceptors (Lipinski definition) is 3. The van der Waals surface area contributed by atoms with Crippen molar-refractivity contribution in [2.24, 2.45) is 0 Å². The summed E-state index contributed by atoms with van der Waals surface area (Å²) in [6.45, 7) is 1.54. The third kappa shape index (κ3) is 4.35. The lowest BCUT2D eigenvalue weighted by molar-refractivity contribution is 0.0149. The van der Waals surface area contributed by atoms with Gasteiger partial charge in [0.05, 0.1) is 5.56 Å². The van der Waals surface area contributed by atoms with Crippen LogP contribution in [0.15, 0.2) is 12.1 Å². The highest BCUT2D eigenvalue weighted by molar-refractivity contribution is 5.85. The fourth-order valence-electron chi connectivity index (χ4n) is 2.27. The summed E-state index contributed by atoms with van der Waals surface area (Å²) >= 11 is 0. The number of alkyl halides is 2. The number of phenolic OH excluding ortho intramolecular Hbond substituents is 1. The number of phenols is 1. The maximum atomic E-state index is 13.7. The van der Waals surface area contributed by atoms with Crippen LogP contribution in [0.25, 0.3) is 0 Å². The third-order valence-electron chi connectivity index (χ3n) is 3.19. The highest BCUT2D eigenvalue weighted by Gasteiger charge is 2.35. The predicted molar refractivity (Wildman–Crippen MR) is 75.7 cm³/mol. The van der Waals surface area contributed by atoms with Gasteiger partial charge in [-0.05, 0) is 12.1 Å². The standard InChI is InChI=1S/C12H14F4N2O.2ClH/c13-7-1-2-8(14)11(19)9(7)10(12(15)16)18-5-3-17-4-6-18;;/h1-2,10,12,17,19H,3-6H2;2*1H/t10-;;/m1../s1. The first-order chi connectivity index (χ1) is 9.02. The van der Waals surface area contributed by atoms with Crippen molar-refractivity contribution >= 4 is 24.8 Å². The normalized spacial score (nSPS) is 17.0. The monoisotopic (exact) mass is 350 g/mol. The van der Waals surface area contributed by atoms with Crippen LogP contribution < -0.4 is 5.32 Å². The van der Waals surface area contributed by atoms with Crippen molar-refractivity contribution in [2.45, 2.75) is 12.5 Å². The molecule has 1 saturated heterocycles. The molecule has 9 heteroatoms. The van der Waals surface area contributed by atoms with E-state index in [0.29, 0.717) is 19.2 Å². The van der Waals surface area contributed by atoms with E-state index in [1.54, 1.807) is 0 Å². The topological polar surface area (TPSA) is 35.5 Å². The van der Waals surface area contributed by atoms with Crippen LogP contribution in [0.2, 0.25) is 0 Å². The smallest absolute Gasteiger partial charge is 0.258 e. The predicted octanol–water partition coefficient (Wildman–Crippen LogP) is 2.73. The van der Waals surface area contributed by atoms with E-state index in [2.05, 4.69) is 5.32 Å². The average Bonchev–Trinajstić information content (AvgIpc) is 2.39. The van der Waals surface area contributed by atoms with Gasteiger partial charge >= 0.3 is 0 Å². The van der Waals surface area contributed by atoms with Crippen LogP contribution in [0.1, 0.15) is 11.6 Å². The van der Waals surface area contributed by atoms with Gasteiger partial charge in [0.1, 0.15) is 11.9 Å². The van der Waals surface area contributed by atoms with E-state index in [-0.39, 0.29) is 37.9 Å². The van der Waals surface area contributed by atoms with Gasteiger partial charge in [-0.3, -0.25) is 4.90 Å². The summed E-state index contributed by atoms with van der Waals surface area (Å²) in [4.78, 5) is 1.35. The quantitative estimate of drug-likeness (QED) is 0.823. The minimum Gasteiger partial charge on any atom is -0.505 e. The lowest BCUT2D eigenvalue weighted by Gasteiger charge is -2.35. The Labute approximate surface area is 132 Å². The third-order valence-corrected chi connectivity index (χ3v) is 3.19. The average molecular weight is 351 g/mol. The lowest BCUT2D eigenvalue weighted by atomic mass is 10.0. The second kappa shape index (κ2) is 8.63. The summed E-state index contributed by atoms with van der Waals surface area (Å²) in [5.41, 5.74) is -0.670. The summed E-state index contributed by atoms with van der Waals surface area (Å²) in [6, 6.07) is -0.172. The van der Waals surface area contributed by atoms with Crippen LogP contribution in [0.4, 0.5) is 17.6 Å². The molecule has 2 N–H and O–H groups in total. The van der Waals surface area contributed by atoms with Crippen LogP contribution >= 0.6 is 24.8 Å². The molecule has 1 aliphatic heterocycles. The van der Waals surface area contributed by atoms with Gasteiger partial charge in [0.15, 0.2) is 11.6 Å². The molecule has 1 heterocycles. The number of nitrogens with zero attached hydrogens (tertiary/aromatic N) is 1. The molecule has 0 bridgehead atoms. The Morgan fingerprint density at radius 2 is 1.57 bits per heavy atom. The van der Waals surface area contributed by atoms with Crippen LogP contribution in [-0.4, -0.2) is 42.6 Å². The van der Waals surface area contributed by atoms with Gasteiger partial charge < -0.3 is 10.4 Å². The second-order valence-corrected chi connectivity index (χ2v) is 4.36. The van der Waals surface area contributed by atoms with Crippen LogP contribution in [0, 0.1) is 11.6 Å². The summed E-state index contributed by atoms with van der Waals surface area (Å²) in [5.74, 6) is -3.16. The molecule has 0 spiro atoms. The van der Waals surface area contributed by atoms with Crippen LogP contribution in [0.3, 0.4) is 0 Å². The highest BCUT2D eigenvalue weighted by atomic mass is 35.5. The highest BCUT2D eigenvalue weighted by Crippen LogP contribution is 2.36. The fraction of sp³-hybridized carbons (Fsp3) is 0.500. The van der Waals surface area contributed by atoms with Crippen molar-refractivity contribution in [1.82, 2.24) is 10.2 Å². The maximum Gasteiger partial charge on any atom is 0.258 e. The maximum absolute atomic E-state index is 13.7. The molecule has 3 nitrogen and oxygen atoms in total. The van der Waals surface area contributed by atoms with Crippen molar-refractivity contribution in [1.29, 1.82) is 0 Å². The molecular weight excluding hydrogens is 335 g/mol. The minimum atomic E-state index is -2.92. The molecule has 1 aliphatic rings. The molecule has 0 amide bonds. The lowest BCUT2D eigenvalue weighted by Crippen LogP contribution is -2.47. The largest absolute Gasteiger partial charge is 0.505 e. The van der Waals surface area contributed by atoms with Gasteiger partial charge in [0, 0.05) is 26.2 Å².